The summed E-state index contributed by atoms with van der Waals surface area (Å²) >= 11 is 0. The van der Waals surface area contributed by atoms with Crippen LogP contribution in [0.4, 0.5) is 0 Å². The lowest BCUT2D eigenvalue weighted by atomic mass is 9.91. The van der Waals surface area contributed by atoms with Crippen molar-refractivity contribution in [3.8, 4) is 0 Å². The van der Waals surface area contributed by atoms with Gasteiger partial charge in [-0.3, -0.25) is 4.79 Å². The number of benzene rings is 1. The van der Waals surface area contributed by atoms with Crippen LogP contribution in [0, 0.1) is 5.92 Å². The molecule has 1 aromatic heterocycles. The van der Waals surface area contributed by atoms with Crippen LogP contribution in [-0.2, 0) is 7.05 Å². The van der Waals surface area contributed by atoms with Crippen LogP contribution < -0.4 is 0 Å². The van der Waals surface area contributed by atoms with Crippen molar-refractivity contribution < 1.29 is 9.90 Å². The zero-order chi connectivity index (χ0) is 15.0. The van der Waals surface area contributed by atoms with Crippen molar-refractivity contribution in [2.45, 2.75) is 25.8 Å². The van der Waals surface area contributed by atoms with Crippen molar-refractivity contribution >= 4 is 16.8 Å². The summed E-state index contributed by atoms with van der Waals surface area (Å²) in [5.41, 5.74) is 1.76. The topological polar surface area (TPSA) is 45.5 Å². The second-order valence-electron chi connectivity index (χ2n) is 6.02. The molecular formula is C17H22N2O2. The first-order valence-corrected chi connectivity index (χ1v) is 7.59. The number of likely N-dealkylation sites (tertiary alicyclic amines) is 1. The SMILES string of the molecule is CC1CCCN(C(=O)c2cc3ccccc3n2C)C1CO. The summed E-state index contributed by atoms with van der Waals surface area (Å²) in [5, 5.41) is 10.7. The van der Waals surface area contributed by atoms with Crippen LogP contribution in [0.5, 0.6) is 0 Å². The molecule has 4 nitrogen and oxygen atoms in total. The fourth-order valence-electron chi connectivity index (χ4n) is 3.42. The highest BCUT2D eigenvalue weighted by Crippen LogP contribution is 2.26. The van der Waals surface area contributed by atoms with Gasteiger partial charge in [0.15, 0.2) is 0 Å². The summed E-state index contributed by atoms with van der Waals surface area (Å²) in [5.74, 6) is 0.377. The summed E-state index contributed by atoms with van der Waals surface area (Å²) < 4.78 is 1.95. The number of rotatable bonds is 2. The highest BCUT2D eigenvalue weighted by molar-refractivity contribution is 5.98. The van der Waals surface area contributed by atoms with Crippen LogP contribution in [0.15, 0.2) is 30.3 Å². The molecule has 0 bridgehead atoms. The number of fused-ring (bicyclic) bond motifs is 1. The number of para-hydroxylation sites is 1. The van der Waals surface area contributed by atoms with Crippen molar-refractivity contribution in [2.24, 2.45) is 13.0 Å². The van der Waals surface area contributed by atoms with Crippen LogP contribution in [0.2, 0.25) is 0 Å². The molecular weight excluding hydrogens is 264 g/mol. The predicted octanol–water partition coefficient (Wildman–Crippen LogP) is 2.41. The third kappa shape index (κ3) is 2.33. The van der Waals surface area contributed by atoms with Crippen LogP contribution >= 0.6 is 0 Å². The van der Waals surface area contributed by atoms with E-state index in [-0.39, 0.29) is 18.6 Å². The van der Waals surface area contributed by atoms with E-state index >= 15 is 0 Å². The molecule has 0 spiro atoms. The molecule has 21 heavy (non-hydrogen) atoms. The highest BCUT2D eigenvalue weighted by Gasteiger charge is 2.32. The van der Waals surface area contributed by atoms with Gasteiger partial charge in [0.05, 0.1) is 12.6 Å². The Morgan fingerprint density at radius 3 is 2.86 bits per heavy atom. The molecule has 1 N–H and O–H groups in total. The average molecular weight is 286 g/mol. The number of carbonyl (C=O) groups excluding carboxylic acids is 1. The van der Waals surface area contributed by atoms with Crippen LogP contribution in [0.25, 0.3) is 10.9 Å². The van der Waals surface area contributed by atoms with E-state index in [0.29, 0.717) is 11.6 Å². The molecule has 1 amide bonds. The van der Waals surface area contributed by atoms with Crippen molar-refractivity contribution in [3.63, 3.8) is 0 Å². The maximum absolute atomic E-state index is 12.9. The minimum Gasteiger partial charge on any atom is -0.394 e. The summed E-state index contributed by atoms with van der Waals surface area (Å²) in [6.45, 7) is 2.88. The fraction of sp³-hybridized carbons (Fsp3) is 0.471. The summed E-state index contributed by atoms with van der Waals surface area (Å²) in [6.07, 6.45) is 2.08. The monoisotopic (exact) mass is 286 g/mol. The quantitative estimate of drug-likeness (QED) is 0.921. The highest BCUT2D eigenvalue weighted by atomic mass is 16.3. The van der Waals surface area contributed by atoms with Crippen LogP contribution in [0.3, 0.4) is 0 Å². The van der Waals surface area contributed by atoms with Crippen molar-refractivity contribution in [1.82, 2.24) is 9.47 Å². The van der Waals surface area contributed by atoms with Crippen molar-refractivity contribution in [3.05, 3.63) is 36.0 Å². The largest absolute Gasteiger partial charge is 0.394 e. The van der Waals surface area contributed by atoms with Gasteiger partial charge in [-0.05, 0) is 30.9 Å². The van der Waals surface area contributed by atoms with Gasteiger partial charge in [0.25, 0.3) is 5.91 Å². The molecule has 0 radical (unpaired) electrons. The molecule has 1 aliphatic heterocycles. The molecule has 1 aliphatic rings. The second-order valence-corrected chi connectivity index (χ2v) is 6.02. The molecule has 0 aliphatic carbocycles. The van der Waals surface area contributed by atoms with E-state index in [0.717, 1.165) is 30.3 Å². The van der Waals surface area contributed by atoms with Gasteiger partial charge in [-0.15, -0.1) is 0 Å². The number of piperidine rings is 1. The number of hydrogen-bond donors (Lipinski definition) is 1. The smallest absolute Gasteiger partial charge is 0.270 e. The summed E-state index contributed by atoms with van der Waals surface area (Å²) in [4.78, 5) is 14.7. The predicted molar refractivity (Wildman–Crippen MR) is 83.2 cm³/mol. The molecule has 1 saturated heterocycles. The van der Waals surface area contributed by atoms with Gasteiger partial charge < -0.3 is 14.6 Å². The number of aryl methyl sites for hydroxylation is 1. The first kappa shape index (κ1) is 14.1. The van der Waals surface area contributed by atoms with Crippen molar-refractivity contribution in [1.29, 1.82) is 0 Å². The van der Waals surface area contributed by atoms with Crippen molar-refractivity contribution in [2.75, 3.05) is 13.2 Å². The number of aromatic nitrogens is 1. The molecule has 2 heterocycles. The maximum atomic E-state index is 12.9. The van der Waals surface area contributed by atoms with Crippen LogP contribution in [-0.4, -0.2) is 39.7 Å². The number of aliphatic hydroxyl groups is 1. The van der Waals surface area contributed by atoms with E-state index in [1.807, 2.05) is 46.8 Å². The van der Waals surface area contributed by atoms with Gasteiger partial charge in [-0.1, -0.05) is 25.1 Å². The van der Waals surface area contributed by atoms with E-state index in [1.54, 1.807) is 0 Å². The first-order valence-electron chi connectivity index (χ1n) is 7.59. The van der Waals surface area contributed by atoms with E-state index in [1.165, 1.54) is 0 Å². The Labute approximate surface area is 125 Å². The Hall–Kier alpha value is -1.81. The van der Waals surface area contributed by atoms with Gasteiger partial charge in [0.2, 0.25) is 0 Å². The van der Waals surface area contributed by atoms with Crippen LogP contribution in [0.1, 0.15) is 30.3 Å². The zero-order valence-electron chi connectivity index (χ0n) is 12.6. The zero-order valence-corrected chi connectivity index (χ0v) is 12.6. The number of amides is 1. The Kier molecular flexibility index (Phi) is 3.72. The Bertz CT molecular complexity index is 662. The normalized spacial score (nSPS) is 22.7. The van der Waals surface area contributed by atoms with Gasteiger partial charge in [0.1, 0.15) is 5.69 Å². The molecule has 4 heteroatoms. The minimum atomic E-state index is -0.0655. The third-order valence-corrected chi connectivity index (χ3v) is 4.73. The standard InChI is InChI=1S/C17H22N2O2/c1-12-6-5-9-19(16(12)11-20)17(21)15-10-13-7-3-4-8-14(13)18(15)2/h3-4,7-8,10,12,16,20H,5-6,9,11H2,1-2H3. The molecule has 3 rings (SSSR count). The third-order valence-electron chi connectivity index (χ3n) is 4.73. The van der Waals surface area contributed by atoms with E-state index in [9.17, 15) is 9.90 Å². The van der Waals surface area contributed by atoms with Gasteiger partial charge in [0, 0.05) is 24.5 Å². The molecule has 1 aromatic carbocycles. The van der Waals surface area contributed by atoms with E-state index in [2.05, 4.69) is 6.92 Å². The molecule has 2 aromatic rings. The first-order chi connectivity index (χ1) is 10.1. The van der Waals surface area contributed by atoms with Gasteiger partial charge in [-0.25, -0.2) is 0 Å². The number of hydrogen-bond acceptors (Lipinski definition) is 2. The minimum absolute atomic E-state index is 0.0271. The van der Waals surface area contributed by atoms with E-state index in [4.69, 9.17) is 0 Å². The molecule has 0 saturated carbocycles. The Balaban J connectivity index is 1.98. The molecule has 2 unspecified atom stereocenters. The number of nitrogens with zero attached hydrogens (tertiary/aromatic N) is 2. The van der Waals surface area contributed by atoms with Gasteiger partial charge >= 0.3 is 0 Å². The fourth-order valence-corrected chi connectivity index (χ4v) is 3.42. The molecule has 112 valence electrons. The summed E-state index contributed by atoms with van der Waals surface area (Å²) in [6, 6.07) is 9.89. The number of carbonyl (C=O) groups is 1. The lowest BCUT2D eigenvalue weighted by molar-refractivity contribution is 0.0350. The molecule has 1 fully saturated rings. The molecule has 2 atom stereocenters. The Morgan fingerprint density at radius 1 is 1.38 bits per heavy atom. The summed E-state index contributed by atoms with van der Waals surface area (Å²) in [7, 11) is 1.93. The lowest BCUT2D eigenvalue weighted by Gasteiger charge is -2.39. The number of aliphatic hydroxyl groups excluding tert-OH is 1. The van der Waals surface area contributed by atoms with E-state index < -0.39 is 0 Å². The second kappa shape index (κ2) is 5.53. The maximum Gasteiger partial charge on any atom is 0.270 e. The van der Waals surface area contributed by atoms with Gasteiger partial charge in [-0.2, -0.15) is 0 Å². The Morgan fingerprint density at radius 2 is 2.14 bits per heavy atom. The average Bonchev–Trinajstić information content (AvgIpc) is 2.84. The lowest BCUT2D eigenvalue weighted by Crippen LogP contribution is -2.50.